The van der Waals surface area contributed by atoms with Crippen molar-refractivity contribution < 1.29 is 10.2 Å². The van der Waals surface area contributed by atoms with Crippen LogP contribution < -0.4 is 5.32 Å². The van der Waals surface area contributed by atoms with Crippen molar-refractivity contribution in [2.75, 3.05) is 33.7 Å². The standard InChI is InChI=1S/C32H60ClN3O2/c1-22(2)30(21-36-18-16-25(17-19-36)23-12-14-29(33)15-13-23)34-31(37)28-7-5-6-27(20-28)24-8-10-26(11-9-24)32(38)35(3)4/h22-32,34,37-38H,5-21H2,1-4H3/t23?,24?,26?,27?,28?,29?,30-,31?,32?/m0/s1. The number of aliphatic hydroxyl groups excluding tert-OH is 2. The van der Waals surface area contributed by atoms with E-state index in [9.17, 15) is 10.2 Å². The van der Waals surface area contributed by atoms with Gasteiger partial charge in [0.15, 0.2) is 0 Å². The first kappa shape index (κ1) is 31.0. The van der Waals surface area contributed by atoms with Crippen molar-refractivity contribution in [3.05, 3.63) is 0 Å². The van der Waals surface area contributed by atoms with Gasteiger partial charge in [-0.15, -0.1) is 11.6 Å². The van der Waals surface area contributed by atoms with Gasteiger partial charge in [0, 0.05) is 18.0 Å². The molecule has 4 unspecified atom stereocenters. The second kappa shape index (κ2) is 14.8. The molecule has 0 spiro atoms. The van der Waals surface area contributed by atoms with Crippen LogP contribution in [0.1, 0.15) is 104 Å². The maximum atomic E-state index is 11.4. The van der Waals surface area contributed by atoms with Crippen LogP contribution >= 0.6 is 11.6 Å². The number of nitrogens with zero attached hydrogens (tertiary/aromatic N) is 2. The second-order valence-corrected chi connectivity index (χ2v) is 15.0. The molecule has 5 atom stereocenters. The Kier molecular flexibility index (Phi) is 12.1. The monoisotopic (exact) mass is 553 g/mol. The number of hydrogen-bond donors (Lipinski definition) is 3. The number of likely N-dealkylation sites (tertiary alicyclic amines) is 1. The third-order valence-electron chi connectivity index (χ3n) is 11.3. The van der Waals surface area contributed by atoms with Crippen LogP contribution in [0.3, 0.4) is 0 Å². The largest absolute Gasteiger partial charge is 0.378 e. The summed E-state index contributed by atoms with van der Waals surface area (Å²) in [6, 6.07) is 0.344. The summed E-state index contributed by atoms with van der Waals surface area (Å²) < 4.78 is 0. The van der Waals surface area contributed by atoms with Crippen molar-refractivity contribution in [1.82, 2.24) is 15.1 Å². The Bertz CT molecular complexity index is 670. The van der Waals surface area contributed by atoms with Crippen LogP contribution in [-0.2, 0) is 0 Å². The highest BCUT2D eigenvalue weighted by Gasteiger charge is 2.37. The minimum atomic E-state index is -0.389. The van der Waals surface area contributed by atoms with Crippen molar-refractivity contribution in [3.8, 4) is 0 Å². The van der Waals surface area contributed by atoms with Crippen LogP contribution in [0.5, 0.6) is 0 Å². The summed E-state index contributed by atoms with van der Waals surface area (Å²) in [7, 11) is 3.97. The molecule has 0 aromatic rings. The summed E-state index contributed by atoms with van der Waals surface area (Å²) in [5, 5.41) is 26.0. The quantitative estimate of drug-likeness (QED) is 0.231. The van der Waals surface area contributed by atoms with Gasteiger partial charge in [-0.2, -0.15) is 0 Å². The van der Waals surface area contributed by atoms with Gasteiger partial charge >= 0.3 is 0 Å². The van der Waals surface area contributed by atoms with Gasteiger partial charge in [0.05, 0.1) is 0 Å². The predicted octanol–water partition coefficient (Wildman–Crippen LogP) is 5.92. The van der Waals surface area contributed by atoms with E-state index >= 15 is 0 Å². The molecule has 4 fully saturated rings. The fourth-order valence-corrected chi connectivity index (χ4v) is 8.82. The summed E-state index contributed by atoms with van der Waals surface area (Å²) in [5.74, 6) is 4.63. The van der Waals surface area contributed by atoms with E-state index < -0.39 is 0 Å². The zero-order valence-corrected chi connectivity index (χ0v) is 25.8. The smallest absolute Gasteiger partial charge is 0.109 e. The first-order valence-corrected chi connectivity index (χ1v) is 16.8. The highest BCUT2D eigenvalue weighted by molar-refractivity contribution is 6.20. The molecule has 4 rings (SSSR count). The predicted molar refractivity (Wildman–Crippen MR) is 159 cm³/mol. The summed E-state index contributed by atoms with van der Waals surface area (Å²) in [4.78, 5) is 4.63. The number of hydrogen-bond acceptors (Lipinski definition) is 5. The van der Waals surface area contributed by atoms with E-state index in [1.807, 2.05) is 19.0 Å². The van der Waals surface area contributed by atoms with Crippen LogP contribution in [0.25, 0.3) is 0 Å². The molecule has 4 aliphatic rings. The molecule has 222 valence electrons. The van der Waals surface area contributed by atoms with E-state index in [1.54, 1.807) is 0 Å². The van der Waals surface area contributed by atoms with Crippen LogP contribution in [0.4, 0.5) is 0 Å². The van der Waals surface area contributed by atoms with E-state index in [4.69, 9.17) is 11.6 Å². The van der Waals surface area contributed by atoms with Gasteiger partial charge in [-0.25, -0.2) is 0 Å². The van der Waals surface area contributed by atoms with Gasteiger partial charge < -0.3 is 15.1 Å². The average Bonchev–Trinajstić information content (AvgIpc) is 2.93. The number of aliphatic hydroxyl groups is 2. The van der Waals surface area contributed by atoms with Crippen molar-refractivity contribution in [2.24, 2.45) is 41.4 Å². The Labute approximate surface area is 239 Å². The molecular weight excluding hydrogens is 494 g/mol. The van der Waals surface area contributed by atoms with Crippen LogP contribution in [-0.4, -0.2) is 77.6 Å². The zero-order valence-electron chi connectivity index (χ0n) is 25.0. The molecule has 3 aliphatic carbocycles. The lowest BCUT2D eigenvalue weighted by molar-refractivity contribution is -0.0359. The van der Waals surface area contributed by atoms with E-state index in [2.05, 4.69) is 24.1 Å². The molecule has 6 heteroatoms. The molecule has 38 heavy (non-hydrogen) atoms. The van der Waals surface area contributed by atoms with Crippen LogP contribution in [0.15, 0.2) is 0 Å². The molecule has 5 nitrogen and oxygen atoms in total. The Morgan fingerprint density at radius 3 is 1.95 bits per heavy atom. The number of piperidine rings is 1. The first-order chi connectivity index (χ1) is 18.2. The van der Waals surface area contributed by atoms with E-state index in [-0.39, 0.29) is 12.5 Å². The van der Waals surface area contributed by atoms with E-state index in [1.165, 1.54) is 83.7 Å². The molecule has 0 aromatic carbocycles. The highest BCUT2D eigenvalue weighted by Crippen LogP contribution is 2.43. The highest BCUT2D eigenvalue weighted by atomic mass is 35.5. The summed E-state index contributed by atoms with van der Waals surface area (Å²) in [6.45, 7) is 8.11. The van der Waals surface area contributed by atoms with Gasteiger partial charge in [0.1, 0.15) is 12.5 Å². The number of rotatable bonds is 10. The minimum absolute atomic E-state index is 0.300. The van der Waals surface area contributed by atoms with E-state index in [0.29, 0.717) is 29.2 Å². The Balaban J connectivity index is 1.21. The second-order valence-electron chi connectivity index (χ2n) is 14.4. The van der Waals surface area contributed by atoms with Gasteiger partial charge in [-0.3, -0.25) is 10.2 Å². The third kappa shape index (κ3) is 8.55. The molecule has 0 radical (unpaired) electrons. The molecule has 3 N–H and O–H groups in total. The average molecular weight is 554 g/mol. The van der Waals surface area contributed by atoms with E-state index in [0.717, 1.165) is 49.5 Å². The molecular formula is C32H60ClN3O2. The molecule has 1 saturated heterocycles. The SMILES string of the molecule is CC(C)[C@H](CN1CCC(C2CCC(Cl)CC2)CC1)NC(O)C1CCCC(C2CCC(C(O)N(C)C)CC2)C1. The lowest BCUT2D eigenvalue weighted by atomic mass is 9.68. The van der Waals surface area contributed by atoms with Crippen molar-refractivity contribution in [1.29, 1.82) is 0 Å². The fraction of sp³-hybridized carbons (Fsp3) is 1.00. The third-order valence-corrected chi connectivity index (χ3v) is 11.7. The number of halogens is 1. The van der Waals surface area contributed by atoms with Gasteiger partial charge in [0.25, 0.3) is 0 Å². The van der Waals surface area contributed by atoms with Crippen molar-refractivity contribution >= 4 is 11.6 Å². The van der Waals surface area contributed by atoms with Crippen molar-refractivity contribution in [2.45, 2.75) is 128 Å². The lowest BCUT2D eigenvalue weighted by Gasteiger charge is -2.42. The fourth-order valence-electron chi connectivity index (χ4n) is 8.56. The normalized spacial score (nSPS) is 36.9. The maximum Gasteiger partial charge on any atom is 0.109 e. The van der Waals surface area contributed by atoms with Gasteiger partial charge in [-0.05, 0) is 146 Å². The van der Waals surface area contributed by atoms with Crippen molar-refractivity contribution in [3.63, 3.8) is 0 Å². The molecule has 0 bridgehead atoms. The Morgan fingerprint density at radius 2 is 1.34 bits per heavy atom. The summed E-state index contributed by atoms with van der Waals surface area (Å²) in [5.41, 5.74) is 0. The van der Waals surface area contributed by atoms with Gasteiger partial charge in [-0.1, -0.05) is 26.7 Å². The molecule has 0 aromatic heterocycles. The summed E-state index contributed by atoms with van der Waals surface area (Å²) >= 11 is 6.36. The number of alkyl halides is 1. The Morgan fingerprint density at radius 1 is 0.763 bits per heavy atom. The van der Waals surface area contributed by atoms with Gasteiger partial charge in [0.2, 0.25) is 0 Å². The zero-order chi connectivity index (χ0) is 27.2. The lowest BCUT2D eigenvalue weighted by Crippen LogP contribution is -2.52. The molecule has 1 aliphatic heterocycles. The van der Waals surface area contributed by atoms with Crippen LogP contribution in [0.2, 0.25) is 0 Å². The molecule has 3 saturated carbocycles. The maximum absolute atomic E-state index is 11.4. The summed E-state index contributed by atoms with van der Waals surface area (Å²) in [6.07, 6.45) is 16.8. The molecule has 1 heterocycles. The van der Waals surface area contributed by atoms with Crippen LogP contribution in [0, 0.1) is 41.4 Å². The molecule has 0 amide bonds. The first-order valence-electron chi connectivity index (χ1n) is 16.4. The Hall–Kier alpha value is 0.0900. The minimum Gasteiger partial charge on any atom is -0.378 e. The topological polar surface area (TPSA) is 59.0 Å². The number of nitrogens with one attached hydrogen (secondary N) is 1.